The van der Waals surface area contributed by atoms with Crippen molar-refractivity contribution in [2.45, 2.75) is 51.0 Å². The summed E-state index contributed by atoms with van der Waals surface area (Å²) in [5.41, 5.74) is 4.47. The minimum Gasteiger partial charge on any atom is -0.325 e. The lowest BCUT2D eigenvalue weighted by Gasteiger charge is -2.19. The van der Waals surface area contributed by atoms with E-state index in [1.54, 1.807) is 24.3 Å². The fourth-order valence-electron chi connectivity index (χ4n) is 3.86. The van der Waals surface area contributed by atoms with Crippen LogP contribution in [0.4, 0.5) is 5.69 Å². The lowest BCUT2D eigenvalue weighted by molar-refractivity contribution is -0.115. The molecule has 1 aliphatic rings. The Balaban J connectivity index is 1.55. The summed E-state index contributed by atoms with van der Waals surface area (Å²) in [5.74, 6) is -0.0967. The van der Waals surface area contributed by atoms with E-state index in [1.807, 2.05) is 26.8 Å². The normalized spacial score (nSPS) is 14.5. The maximum Gasteiger partial charge on any atom is 0.243 e. The van der Waals surface area contributed by atoms with Crippen LogP contribution in [-0.4, -0.2) is 38.3 Å². The largest absolute Gasteiger partial charge is 0.325 e. The molecule has 0 aliphatic heterocycles. The molecule has 2 aromatic rings. The topological polar surface area (TPSA) is 78.5 Å². The predicted octanol–water partition coefficient (Wildman–Crippen LogP) is 3.50. The second kappa shape index (κ2) is 9.73. The third-order valence-corrected chi connectivity index (χ3v) is 7.74. The van der Waals surface area contributed by atoms with E-state index >= 15 is 0 Å². The van der Waals surface area contributed by atoms with Gasteiger partial charge in [0.25, 0.3) is 0 Å². The summed E-state index contributed by atoms with van der Waals surface area (Å²) in [6.07, 6.45) is 3.38. The van der Waals surface area contributed by atoms with E-state index in [9.17, 15) is 13.2 Å². The summed E-state index contributed by atoms with van der Waals surface area (Å²) in [6.45, 7) is 6.68. The zero-order valence-electron chi connectivity index (χ0n) is 17.9. The second-order valence-corrected chi connectivity index (χ2v) is 9.58. The Kier molecular flexibility index (Phi) is 7.28. The van der Waals surface area contributed by atoms with Gasteiger partial charge in [-0.1, -0.05) is 32.0 Å². The molecule has 7 heteroatoms. The number of hydrogen-bond donors (Lipinski definition) is 2. The number of rotatable bonds is 9. The van der Waals surface area contributed by atoms with Crippen LogP contribution in [0.3, 0.4) is 0 Å². The van der Waals surface area contributed by atoms with Gasteiger partial charge in [0.1, 0.15) is 0 Å². The molecule has 0 saturated carbocycles. The molecule has 30 heavy (non-hydrogen) atoms. The fourth-order valence-corrected chi connectivity index (χ4v) is 5.32. The van der Waals surface area contributed by atoms with Crippen LogP contribution in [0.15, 0.2) is 47.4 Å². The van der Waals surface area contributed by atoms with Crippen LogP contribution >= 0.6 is 0 Å². The Hall–Kier alpha value is -2.22. The fraction of sp³-hybridized carbons (Fsp3) is 0.435. The van der Waals surface area contributed by atoms with E-state index in [-0.39, 0.29) is 23.4 Å². The number of carbonyl (C=O) groups is 1. The molecule has 0 aromatic heterocycles. The van der Waals surface area contributed by atoms with Crippen molar-refractivity contribution in [3.63, 3.8) is 0 Å². The van der Waals surface area contributed by atoms with Crippen LogP contribution in [0.25, 0.3) is 0 Å². The van der Waals surface area contributed by atoms with Crippen LogP contribution in [-0.2, 0) is 27.7 Å². The van der Waals surface area contributed by atoms with Crippen molar-refractivity contribution in [2.24, 2.45) is 0 Å². The van der Waals surface area contributed by atoms with E-state index < -0.39 is 10.0 Å². The van der Waals surface area contributed by atoms with Crippen LogP contribution in [0.5, 0.6) is 0 Å². The minimum absolute atomic E-state index is 0.0824. The first-order valence-corrected chi connectivity index (χ1v) is 12.0. The third kappa shape index (κ3) is 5.09. The number of anilines is 1. The Bertz CT molecular complexity index is 983. The molecular formula is C23H31N3O3S. The van der Waals surface area contributed by atoms with Crippen molar-refractivity contribution in [1.82, 2.24) is 9.62 Å². The maximum atomic E-state index is 12.6. The molecule has 0 bridgehead atoms. The maximum absolute atomic E-state index is 12.6. The smallest absolute Gasteiger partial charge is 0.243 e. The third-order valence-electron chi connectivity index (χ3n) is 5.67. The number of hydrogen-bond acceptors (Lipinski definition) is 4. The zero-order valence-corrected chi connectivity index (χ0v) is 18.8. The molecule has 0 saturated heterocycles. The lowest BCUT2D eigenvalue weighted by Crippen LogP contribution is -2.31. The number of fused-ring (bicyclic) bond motifs is 1. The van der Waals surface area contributed by atoms with Crippen molar-refractivity contribution in [2.75, 3.05) is 25.0 Å². The zero-order chi connectivity index (χ0) is 21.7. The van der Waals surface area contributed by atoms with Gasteiger partial charge in [0.2, 0.25) is 15.9 Å². The van der Waals surface area contributed by atoms with E-state index in [0.717, 1.165) is 24.1 Å². The summed E-state index contributed by atoms with van der Waals surface area (Å²) < 4.78 is 26.6. The second-order valence-electron chi connectivity index (χ2n) is 7.65. The molecule has 0 fully saturated rings. The molecule has 2 N–H and O–H groups in total. The predicted molar refractivity (Wildman–Crippen MR) is 120 cm³/mol. The van der Waals surface area contributed by atoms with Gasteiger partial charge in [-0.2, -0.15) is 4.31 Å². The van der Waals surface area contributed by atoms with Crippen molar-refractivity contribution >= 4 is 21.6 Å². The minimum atomic E-state index is -3.46. The molecule has 3 rings (SSSR count). The van der Waals surface area contributed by atoms with E-state index in [1.165, 1.54) is 21.9 Å². The van der Waals surface area contributed by atoms with E-state index in [2.05, 4.69) is 22.8 Å². The molecular weight excluding hydrogens is 398 g/mol. The number of nitrogens with zero attached hydrogens (tertiary/aromatic N) is 1. The highest BCUT2D eigenvalue weighted by molar-refractivity contribution is 7.89. The Labute approximate surface area is 179 Å². The molecule has 2 aromatic carbocycles. The van der Waals surface area contributed by atoms with Gasteiger partial charge >= 0.3 is 0 Å². The SMILES string of the molecule is CCN(CC)S(=O)(=O)c1ccc([C@H](C)NCC(=O)Nc2ccc3c(c2)CCC3)cc1. The number of aryl methyl sites for hydroxylation is 2. The van der Waals surface area contributed by atoms with Gasteiger partial charge in [0, 0.05) is 24.8 Å². The number of benzene rings is 2. The standard InChI is InChI=1S/C23H31N3O3S/c1-4-26(5-2)30(28,29)22-13-10-18(11-14-22)17(3)24-16-23(27)25-21-12-9-19-7-6-8-20(19)15-21/h9-15,17,24H,4-8,16H2,1-3H3,(H,25,27)/t17-/m0/s1. The molecule has 0 spiro atoms. The van der Waals surface area contributed by atoms with Crippen molar-refractivity contribution < 1.29 is 13.2 Å². The highest BCUT2D eigenvalue weighted by Crippen LogP contribution is 2.25. The summed E-state index contributed by atoms with van der Waals surface area (Å²) in [6, 6.07) is 12.9. The molecule has 1 atom stereocenters. The van der Waals surface area contributed by atoms with Crippen LogP contribution < -0.4 is 10.6 Å². The van der Waals surface area contributed by atoms with Crippen LogP contribution in [0, 0.1) is 0 Å². The van der Waals surface area contributed by atoms with Crippen molar-refractivity contribution in [3.05, 3.63) is 59.2 Å². The van der Waals surface area contributed by atoms with Crippen molar-refractivity contribution in [1.29, 1.82) is 0 Å². The average molecular weight is 430 g/mol. The Morgan fingerprint density at radius 2 is 1.70 bits per heavy atom. The summed E-state index contributed by atoms with van der Waals surface area (Å²) in [4.78, 5) is 12.6. The van der Waals surface area contributed by atoms with Gasteiger partial charge in [0.05, 0.1) is 11.4 Å². The van der Waals surface area contributed by atoms with Crippen molar-refractivity contribution in [3.8, 4) is 0 Å². The summed E-state index contributed by atoms with van der Waals surface area (Å²) in [5, 5.41) is 6.15. The monoisotopic (exact) mass is 429 g/mol. The average Bonchev–Trinajstić information content (AvgIpc) is 3.20. The van der Waals surface area contributed by atoms with Gasteiger partial charge in [-0.05, 0) is 67.1 Å². The molecule has 0 unspecified atom stereocenters. The van der Waals surface area contributed by atoms with E-state index in [4.69, 9.17) is 0 Å². The highest BCUT2D eigenvalue weighted by atomic mass is 32.2. The first-order chi connectivity index (χ1) is 14.3. The Morgan fingerprint density at radius 1 is 1.03 bits per heavy atom. The van der Waals surface area contributed by atoms with Crippen LogP contribution in [0.2, 0.25) is 0 Å². The van der Waals surface area contributed by atoms with Gasteiger partial charge in [0.15, 0.2) is 0 Å². The number of nitrogens with one attached hydrogen (secondary N) is 2. The van der Waals surface area contributed by atoms with Gasteiger partial charge in [-0.15, -0.1) is 0 Å². The van der Waals surface area contributed by atoms with Gasteiger partial charge in [-0.25, -0.2) is 8.42 Å². The number of carbonyl (C=O) groups excluding carboxylic acids is 1. The van der Waals surface area contributed by atoms with E-state index in [0.29, 0.717) is 13.1 Å². The Morgan fingerprint density at radius 3 is 2.37 bits per heavy atom. The summed E-state index contributed by atoms with van der Waals surface area (Å²) >= 11 is 0. The first kappa shape index (κ1) is 22.5. The van der Waals surface area contributed by atoms with Gasteiger partial charge < -0.3 is 10.6 Å². The molecule has 1 aliphatic carbocycles. The first-order valence-electron chi connectivity index (χ1n) is 10.6. The molecule has 1 amide bonds. The molecule has 162 valence electrons. The lowest BCUT2D eigenvalue weighted by atomic mass is 10.1. The number of amides is 1. The molecule has 0 heterocycles. The quantitative estimate of drug-likeness (QED) is 0.640. The number of sulfonamides is 1. The van der Waals surface area contributed by atoms with Gasteiger partial charge in [-0.3, -0.25) is 4.79 Å². The summed E-state index contributed by atoms with van der Waals surface area (Å²) in [7, 11) is -3.46. The molecule has 6 nitrogen and oxygen atoms in total. The highest BCUT2D eigenvalue weighted by Gasteiger charge is 2.21. The van der Waals surface area contributed by atoms with Crippen LogP contribution in [0.1, 0.15) is 49.9 Å². The molecule has 0 radical (unpaired) electrons.